The molecule has 2 aromatic carbocycles. The van der Waals surface area contributed by atoms with E-state index in [2.05, 4.69) is 4.98 Å². The van der Waals surface area contributed by atoms with Crippen molar-refractivity contribution >= 4 is 15.7 Å². The van der Waals surface area contributed by atoms with Crippen LogP contribution in [0.15, 0.2) is 66.0 Å². The van der Waals surface area contributed by atoms with Crippen LogP contribution in [0.1, 0.15) is 42.5 Å². The predicted octanol–water partition coefficient (Wildman–Crippen LogP) is 3.93. The van der Waals surface area contributed by atoms with Gasteiger partial charge in [-0.3, -0.25) is 4.79 Å². The highest BCUT2D eigenvalue weighted by Crippen LogP contribution is 2.24. The Bertz CT molecular complexity index is 1350. The van der Waals surface area contributed by atoms with Crippen LogP contribution in [0.2, 0.25) is 0 Å². The Morgan fingerprint density at radius 2 is 1.67 bits per heavy atom. The van der Waals surface area contributed by atoms with Crippen LogP contribution in [-0.4, -0.2) is 60.7 Å². The second kappa shape index (κ2) is 12.4. The molecule has 2 atom stereocenters. The zero-order valence-corrected chi connectivity index (χ0v) is 22.7. The lowest BCUT2D eigenvalue weighted by Gasteiger charge is -2.27. The summed E-state index contributed by atoms with van der Waals surface area (Å²) in [5.41, 5.74) is 2.01. The molecule has 0 N–H and O–H groups in total. The number of amides is 1. The van der Waals surface area contributed by atoms with Gasteiger partial charge in [0, 0.05) is 19.8 Å². The molecule has 208 valence electrons. The number of imidazole rings is 1. The molecule has 2 saturated heterocycles. The number of rotatable bonds is 11. The Balaban J connectivity index is 1.43. The van der Waals surface area contributed by atoms with E-state index in [0.717, 1.165) is 31.2 Å². The molecule has 0 saturated carbocycles. The van der Waals surface area contributed by atoms with E-state index < -0.39 is 15.7 Å². The molecular formula is C29H34FN3O5S. The number of sulfone groups is 1. The van der Waals surface area contributed by atoms with Crippen LogP contribution >= 0.6 is 0 Å². The van der Waals surface area contributed by atoms with E-state index in [0.29, 0.717) is 37.6 Å². The standard InChI is InChI=1S/C29H34FN3O5S/c30-24-12-10-23(11-13-24)21-39(35,36)29-31-17-25(33(29)20-27-9-5-15-38-27)18-32(19-26-8-4-14-37-26)28(34)16-22-6-2-1-3-7-22/h1-3,6-7,10-13,17,26-27H,4-5,8-9,14-16,18-21H2/t26-,27-/m1/s1. The van der Waals surface area contributed by atoms with Crippen LogP contribution in [-0.2, 0) is 49.4 Å². The third kappa shape index (κ3) is 7.12. The molecule has 0 aliphatic carbocycles. The van der Waals surface area contributed by atoms with Crippen molar-refractivity contribution < 1.29 is 27.1 Å². The van der Waals surface area contributed by atoms with Crippen LogP contribution in [0.5, 0.6) is 0 Å². The fourth-order valence-electron chi connectivity index (χ4n) is 5.18. The van der Waals surface area contributed by atoms with Crippen LogP contribution in [0, 0.1) is 5.82 Å². The molecule has 2 aliphatic heterocycles. The number of carbonyl (C=O) groups is 1. The number of nitrogens with zero attached hydrogens (tertiary/aromatic N) is 3. The molecule has 39 heavy (non-hydrogen) atoms. The SMILES string of the molecule is O=C(Cc1ccccc1)N(Cc1cnc(S(=O)(=O)Cc2ccc(F)cc2)n1C[C@H]1CCCO1)C[C@H]1CCCO1. The first kappa shape index (κ1) is 27.5. The van der Waals surface area contributed by atoms with Crippen molar-refractivity contribution in [2.75, 3.05) is 19.8 Å². The van der Waals surface area contributed by atoms with Gasteiger partial charge in [-0.05, 0) is 48.9 Å². The third-order valence-corrected chi connectivity index (χ3v) is 8.81. The lowest BCUT2D eigenvalue weighted by atomic mass is 10.1. The Kier molecular flexibility index (Phi) is 8.74. The molecule has 0 spiro atoms. The van der Waals surface area contributed by atoms with E-state index >= 15 is 0 Å². The van der Waals surface area contributed by atoms with Crippen molar-refractivity contribution in [3.63, 3.8) is 0 Å². The quantitative estimate of drug-likeness (QED) is 0.356. The molecular weight excluding hydrogens is 521 g/mol. The fourth-order valence-corrected chi connectivity index (χ4v) is 6.69. The number of hydrogen-bond donors (Lipinski definition) is 0. The summed E-state index contributed by atoms with van der Waals surface area (Å²) in [6, 6.07) is 15.0. The lowest BCUT2D eigenvalue weighted by molar-refractivity contribution is -0.132. The maximum Gasteiger partial charge on any atom is 0.228 e. The Labute approximate surface area is 228 Å². The van der Waals surface area contributed by atoms with Crippen molar-refractivity contribution in [2.45, 2.75) is 68.3 Å². The van der Waals surface area contributed by atoms with Gasteiger partial charge in [0.25, 0.3) is 0 Å². The predicted molar refractivity (Wildman–Crippen MR) is 143 cm³/mol. The molecule has 1 amide bonds. The minimum Gasteiger partial charge on any atom is -0.376 e. The average molecular weight is 556 g/mol. The first-order chi connectivity index (χ1) is 18.9. The summed E-state index contributed by atoms with van der Waals surface area (Å²) in [6.45, 7) is 2.26. The van der Waals surface area contributed by atoms with E-state index in [-0.39, 0.29) is 42.0 Å². The Morgan fingerprint density at radius 1 is 0.974 bits per heavy atom. The maximum atomic E-state index is 13.5. The zero-order valence-electron chi connectivity index (χ0n) is 21.9. The van der Waals surface area contributed by atoms with E-state index in [4.69, 9.17) is 9.47 Å². The molecule has 0 unspecified atom stereocenters. The topological polar surface area (TPSA) is 90.7 Å². The number of benzene rings is 2. The summed E-state index contributed by atoms with van der Waals surface area (Å²) >= 11 is 0. The van der Waals surface area contributed by atoms with Gasteiger partial charge in [0.05, 0.1) is 49.4 Å². The molecule has 0 bridgehead atoms. The van der Waals surface area contributed by atoms with Crippen LogP contribution in [0.25, 0.3) is 0 Å². The highest BCUT2D eigenvalue weighted by molar-refractivity contribution is 7.90. The van der Waals surface area contributed by atoms with Gasteiger partial charge in [-0.25, -0.2) is 17.8 Å². The van der Waals surface area contributed by atoms with E-state index in [9.17, 15) is 17.6 Å². The van der Waals surface area contributed by atoms with Crippen molar-refractivity contribution in [1.29, 1.82) is 0 Å². The van der Waals surface area contributed by atoms with Gasteiger partial charge < -0.3 is 18.9 Å². The van der Waals surface area contributed by atoms with Gasteiger partial charge in [0.2, 0.25) is 20.9 Å². The van der Waals surface area contributed by atoms with Crippen LogP contribution in [0.3, 0.4) is 0 Å². The van der Waals surface area contributed by atoms with E-state index in [1.807, 2.05) is 30.3 Å². The first-order valence-electron chi connectivity index (χ1n) is 13.4. The van der Waals surface area contributed by atoms with Crippen molar-refractivity contribution in [3.8, 4) is 0 Å². The smallest absolute Gasteiger partial charge is 0.228 e. The van der Waals surface area contributed by atoms with E-state index in [1.54, 1.807) is 15.7 Å². The zero-order chi connectivity index (χ0) is 27.2. The van der Waals surface area contributed by atoms with Crippen molar-refractivity contribution in [2.24, 2.45) is 0 Å². The number of halogens is 1. The second-order valence-electron chi connectivity index (χ2n) is 10.2. The summed E-state index contributed by atoms with van der Waals surface area (Å²) in [6.07, 6.45) is 5.16. The van der Waals surface area contributed by atoms with Gasteiger partial charge in [-0.1, -0.05) is 42.5 Å². The van der Waals surface area contributed by atoms with Crippen molar-refractivity contribution in [1.82, 2.24) is 14.5 Å². The molecule has 8 nitrogen and oxygen atoms in total. The van der Waals surface area contributed by atoms with Gasteiger partial charge in [0.15, 0.2) is 0 Å². The van der Waals surface area contributed by atoms with E-state index in [1.165, 1.54) is 24.3 Å². The van der Waals surface area contributed by atoms with Crippen LogP contribution < -0.4 is 0 Å². The maximum absolute atomic E-state index is 13.5. The number of aromatic nitrogens is 2. The minimum absolute atomic E-state index is 0.0547. The number of hydrogen-bond acceptors (Lipinski definition) is 6. The average Bonchev–Trinajstić information content (AvgIpc) is 3.70. The van der Waals surface area contributed by atoms with Gasteiger partial charge in [-0.15, -0.1) is 0 Å². The molecule has 1 aromatic heterocycles. The van der Waals surface area contributed by atoms with Crippen molar-refractivity contribution in [3.05, 3.63) is 83.4 Å². The summed E-state index contributed by atoms with van der Waals surface area (Å²) < 4.78 is 53.8. The lowest BCUT2D eigenvalue weighted by Crippen LogP contribution is -2.38. The summed E-state index contributed by atoms with van der Waals surface area (Å²) in [7, 11) is -3.86. The van der Waals surface area contributed by atoms with Gasteiger partial charge in [-0.2, -0.15) is 0 Å². The largest absolute Gasteiger partial charge is 0.376 e. The summed E-state index contributed by atoms with van der Waals surface area (Å²) in [5, 5.41) is -0.0649. The molecule has 2 fully saturated rings. The fraction of sp³-hybridized carbons (Fsp3) is 0.448. The molecule has 5 rings (SSSR count). The molecule has 10 heteroatoms. The first-order valence-corrected chi connectivity index (χ1v) is 15.1. The minimum atomic E-state index is -3.86. The highest BCUT2D eigenvalue weighted by atomic mass is 32.2. The summed E-state index contributed by atoms with van der Waals surface area (Å²) in [4.78, 5) is 19.6. The molecule has 0 radical (unpaired) electrons. The van der Waals surface area contributed by atoms with Gasteiger partial charge >= 0.3 is 0 Å². The Hall–Kier alpha value is -3.08. The van der Waals surface area contributed by atoms with Crippen LogP contribution in [0.4, 0.5) is 4.39 Å². The second-order valence-corrected chi connectivity index (χ2v) is 12.1. The summed E-state index contributed by atoms with van der Waals surface area (Å²) in [5.74, 6) is -0.788. The van der Waals surface area contributed by atoms with Gasteiger partial charge in [0.1, 0.15) is 5.82 Å². The third-order valence-electron chi connectivity index (χ3n) is 7.21. The molecule has 3 heterocycles. The number of ether oxygens (including phenoxy) is 2. The number of carbonyl (C=O) groups excluding carboxylic acids is 1. The monoisotopic (exact) mass is 555 g/mol. The Morgan fingerprint density at radius 3 is 2.33 bits per heavy atom. The normalized spacial score (nSPS) is 19.4. The molecule has 2 aliphatic rings. The molecule has 3 aromatic rings. The highest BCUT2D eigenvalue weighted by Gasteiger charge is 2.29.